The Bertz CT molecular complexity index is 559. The van der Waals surface area contributed by atoms with E-state index in [4.69, 9.17) is 0 Å². The van der Waals surface area contributed by atoms with Crippen molar-refractivity contribution in [2.45, 2.75) is 33.2 Å². The summed E-state index contributed by atoms with van der Waals surface area (Å²) in [6.45, 7) is 4.92. The molecule has 18 heavy (non-hydrogen) atoms. The van der Waals surface area contributed by atoms with E-state index < -0.39 is 0 Å². The van der Waals surface area contributed by atoms with Gasteiger partial charge in [0.1, 0.15) is 0 Å². The SMILES string of the molecule is CCc1cc(CC(=O)c2ccc(Br)s2)n(CC)n1. The fraction of sp³-hybridized carbons (Fsp3) is 0.385. The van der Waals surface area contributed by atoms with Gasteiger partial charge >= 0.3 is 0 Å². The van der Waals surface area contributed by atoms with E-state index in [-0.39, 0.29) is 5.78 Å². The molecule has 96 valence electrons. The van der Waals surface area contributed by atoms with Crippen molar-refractivity contribution >= 4 is 33.0 Å². The Labute approximate surface area is 119 Å². The number of carbonyl (C=O) groups excluding carboxylic acids is 1. The molecule has 0 aromatic carbocycles. The van der Waals surface area contributed by atoms with Crippen LogP contribution < -0.4 is 0 Å². The van der Waals surface area contributed by atoms with Crippen LogP contribution in [0.2, 0.25) is 0 Å². The Kier molecular flexibility index (Phi) is 4.35. The van der Waals surface area contributed by atoms with Gasteiger partial charge in [-0.05, 0) is 47.5 Å². The Hall–Kier alpha value is -0.940. The lowest BCUT2D eigenvalue weighted by Gasteiger charge is -2.02. The molecular weight excluding hydrogens is 312 g/mol. The van der Waals surface area contributed by atoms with E-state index in [9.17, 15) is 4.79 Å². The minimum absolute atomic E-state index is 0.156. The first-order chi connectivity index (χ1) is 8.63. The summed E-state index contributed by atoms with van der Waals surface area (Å²) in [4.78, 5) is 12.9. The van der Waals surface area contributed by atoms with Gasteiger partial charge in [0, 0.05) is 12.2 Å². The van der Waals surface area contributed by atoms with Gasteiger partial charge in [-0.2, -0.15) is 5.10 Å². The number of thiophene rings is 1. The van der Waals surface area contributed by atoms with Crippen LogP contribution in [0.5, 0.6) is 0 Å². The van der Waals surface area contributed by atoms with Gasteiger partial charge in [-0.15, -0.1) is 11.3 Å². The van der Waals surface area contributed by atoms with Crippen LogP contribution in [0, 0.1) is 0 Å². The number of ketones is 1. The maximum absolute atomic E-state index is 12.1. The lowest BCUT2D eigenvalue weighted by Crippen LogP contribution is -2.08. The maximum Gasteiger partial charge on any atom is 0.178 e. The van der Waals surface area contributed by atoms with Crippen LogP contribution >= 0.6 is 27.3 Å². The van der Waals surface area contributed by atoms with E-state index in [1.54, 1.807) is 0 Å². The van der Waals surface area contributed by atoms with Crippen LogP contribution in [0.4, 0.5) is 0 Å². The Morgan fingerprint density at radius 3 is 2.78 bits per heavy atom. The number of Topliss-reactive ketones (excluding diaryl/α,β-unsaturated/α-hetero) is 1. The highest BCUT2D eigenvalue weighted by Gasteiger charge is 2.13. The summed E-state index contributed by atoms with van der Waals surface area (Å²) in [7, 11) is 0. The summed E-state index contributed by atoms with van der Waals surface area (Å²) >= 11 is 4.86. The van der Waals surface area contributed by atoms with Crippen molar-refractivity contribution in [1.82, 2.24) is 9.78 Å². The molecule has 0 saturated heterocycles. The van der Waals surface area contributed by atoms with Crippen LogP contribution in [0.1, 0.15) is 34.9 Å². The van der Waals surface area contributed by atoms with Crippen molar-refractivity contribution in [3.05, 3.63) is 38.3 Å². The van der Waals surface area contributed by atoms with Crippen molar-refractivity contribution < 1.29 is 4.79 Å². The molecule has 3 nitrogen and oxygen atoms in total. The van der Waals surface area contributed by atoms with Gasteiger partial charge in [-0.1, -0.05) is 6.92 Å². The predicted octanol–water partition coefficient (Wildman–Crippen LogP) is 3.71. The molecule has 2 aromatic heterocycles. The Morgan fingerprint density at radius 1 is 1.44 bits per heavy atom. The Balaban J connectivity index is 2.18. The first-order valence-electron chi connectivity index (χ1n) is 5.98. The largest absolute Gasteiger partial charge is 0.293 e. The van der Waals surface area contributed by atoms with Crippen LogP contribution in [0.15, 0.2) is 22.0 Å². The van der Waals surface area contributed by atoms with Crippen LogP contribution in [-0.2, 0) is 19.4 Å². The summed E-state index contributed by atoms with van der Waals surface area (Å²) < 4.78 is 2.91. The lowest BCUT2D eigenvalue weighted by molar-refractivity contribution is 0.0994. The highest BCUT2D eigenvalue weighted by molar-refractivity contribution is 9.11. The number of hydrogen-bond donors (Lipinski definition) is 0. The molecule has 0 amide bonds. The van der Waals surface area contributed by atoms with Gasteiger partial charge in [-0.25, -0.2) is 0 Å². The molecule has 0 spiro atoms. The molecule has 5 heteroatoms. The standard InChI is InChI=1S/C13H15BrN2OS/c1-3-9-7-10(16(4-2)15-9)8-11(17)12-5-6-13(14)18-12/h5-7H,3-4,8H2,1-2H3. The van der Waals surface area contributed by atoms with Gasteiger partial charge in [0.05, 0.1) is 20.8 Å². The molecule has 0 unspecified atom stereocenters. The molecule has 0 radical (unpaired) electrons. The second-order valence-electron chi connectivity index (χ2n) is 4.00. The number of aryl methyl sites for hydroxylation is 2. The van der Waals surface area contributed by atoms with Crippen molar-refractivity contribution in [3.8, 4) is 0 Å². The van der Waals surface area contributed by atoms with Gasteiger partial charge in [0.2, 0.25) is 0 Å². The van der Waals surface area contributed by atoms with Gasteiger partial charge < -0.3 is 0 Å². The fourth-order valence-electron chi connectivity index (χ4n) is 1.82. The number of hydrogen-bond acceptors (Lipinski definition) is 3. The summed E-state index contributed by atoms with van der Waals surface area (Å²) in [6.07, 6.45) is 1.33. The smallest absolute Gasteiger partial charge is 0.178 e. The minimum Gasteiger partial charge on any atom is -0.293 e. The average Bonchev–Trinajstić information content (AvgIpc) is 2.95. The van der Waals surface area contributed by atoms with Gasteiger partial charge in [0.15, 0.2) is 5.78 Å². The molecule has 0 N–H and O–H groups in total. The molecule has 0 aliphatic rings. The summed E-state index contributed by atoms with van der Waals surface area (Å²) in [5.41, 5.74) is 2.05. The van der Waals surface area contributed by atoms with Crippen molar-refractivity contribution in [2.75, 3.05) is 0 Å². The molecule has 0 aliphatic heterocycles. The maximum atomic E-state index is 12.1. The average molecular weight is 327 g/mol. The van der Waals surface area contributed by atoms with Crippen molar-refractivity contribution in [3.63, 3.8) is 0 Å². The van der Waals surface area contributed by atoms with E-state index in [0.717, 1.165) is 33.0 Å². The van der Waals surface area contributed by atoms with E-state index >= 15 is 0 Å². The van der Waals surface area contributed by atoms with Gasteiger partial charge in [0.25, 0.3) is 0 Å². The summed E-state index contributed by atoms with van der Waals surface area (Å²) in [6, 6.07) is 5.81. The molecule has 0 aliphatic carbocycles. The Morgan fingerprint density at radius 2 is 2.22 bits per heavy atom. The third kappa shape index (κ3) is 2.90. The number of carbonyl (C=O) groups is 1. The van der Waals surface area contributed by atoms with Crippen LogP contribution in [-0.4, -0.2) is 15.6 Å². The first kappa shape index (κ1) is 13.5. The topological polar surface area (TPSA) is 34.9 Å². The number of halogens is 1. The number of rotatable bonds is 5. The van der Waals surface area contributed by atoms with E-state index in [2.05, 4.69) is 28.0 Å². The molecular formula is C13H15BrN2OS. The molecule has 0 saturated carbocycles. The normalized spacial score (nSPS) is 10.8. The number of aromatic nitrogens is 2. The third-order valence-electron chi connectivity index (χ3n) is 2.77. The number of nitrogens with zero attached hydrogens (tertiary/aromatic N) is 2. The summed E-state index contributed by atoms with van der Waals surface area (Å²) in [5.74, 6) is 0.156. The fourth-order valence-corrected chi connectivity index (χ4v) is 3.14. The zero-order valence-corrected chi connectivity index (χ0v) is 12.8. The van der Waals surface area contributed by atoms with Crippen molar-refractivity contribution in [1.29, 1.82) is 0 Å². The summed E-state index contributed by atoms with van der Waals surface area (Å²) in [5, 5.41) is 4.46. The highest BCUT2D eigenvalue weighted by Crippen LogP contribution is 2.23. The van der Waals surface area contributed by atoms with E-state index in [0.29, 0.717) is 6.42 Å². The predicted molar refractivity (Wildman–Crippen MR) is 77.3 cm³/mol. The van der Waals surface area contributed by atoms with Crippen molar-refractivity contribution in [2.24, 2.45) is 0 Å². The second kappa shape index (κ2) is 5.80. The molecule has 2 heterocycles. The zero-order chi connectivity index (χ0) is 13.1. The minimum atomic E-state index is 0.156. The highest BCUT2D eigenvalue weighted by atomic mass is 79.9. The lowest BCUT2D eigenvalue weighted by atomic mass is 10.2. The van der Waals surface area contributed by atoms with Gasteiger partial charge in [-0.3, -0.25) is 9.48 Å². The molecule has 0 atom stereocenters. The molecule has 0 fully saturated rings. The first-order valence-corrected chi connectivity index (χ1v) is 7.59. The van der Waals surface area contributed by atoms with E-state index in [1.807, 2.05) is 29.8 Å². The zero-order valence-electron chi connectivity index (χ0n) is 10.4. The monoisotopic (exact) mass is 326 g/mol. The second-order valence-corrected chi connectivity index (χ2v) is 6.46. The van der Waals surface area contributed by atoms with Crippen LogP contribution in [0.25, 0.3) is 0 Å². The third-order valence-corrected chi connectivity index (χ3v) is 4.43. The molecule has 2 rings (SSSR count). The van der Waals surface area contributed by atoms with Crippen LogP contribution in [0.3, 0.4) is 0 Å². The molecule has 0 bridgehead atoms. The van der Waals surface area contributed by atoms with E-state index in [1.165, 1.54) is 11.3 Å². The molecule has 2 aromatic rings. The quantitative estimate of drug-likeness (QED) is 0.785.